The maximum atomic E-state index is 12.3. The molecule has 6 nitrogen and oxygen atoms in total. The number of fused-ring (bicyclic) bond motifs is 1. The number of nitrogens with zero attached hydrogens (tertiary/aromatic N) is 3. The fraction of sp³-hybridized carbons (Fsp3) is 0.217. The van der Waals surface area contributed by atoms with E-state index < -0.39 is 0 Å². The van der Waals surface area contributed by atoms with Crippen LogP contribution in [0.2, 0.25) is 0 Å². The first-order valence-corrected chi connectivity index (χ1v) is 9.85. The summed E-state index contributed by atoms with van der Waals surface area (Å²) in [5, 5.41) is 7.36. The molecule has 1 aromatic carbocycles. The standard InChI is InChI=1S/C23H24N4O2/c1-2-29-16-6-14-24-23(28)21-13-15-27(25-21)22-12-11-20-10-9-19(17-26(20)22)18-7-4-3-5-8-18/h3-5,7-13,15,17H,2,6,14,16H2,1H3,(H,24,28). The summed E-state index contributed by atoms with van der Waals surface area (Å²) in [5.74, 6) is 0.708. The molecule has 1 N–H and O–H groups in total. The zero-order valence-electron chi connectivity index (χ0n) is 16.4. The van der Waals surface area contributed by atoms with Crippen LogP contribution in [0, 0.1) is 0 Å². The van der Waals surface area contributed by atoms with E-state index in [1.807, 2.05) is 43.5 Å². The number of rotatable bonds is 8. The Labute approximate surface area is 169 Å². The molecule has 4 aromatic rings. The Hall–Kier alpha value is -3.38. The molecule has 3 heterocycles. The third-order valence-corrected chi connectivity index (χ3v) is 4.75. The van der Waals surface area contributed by atoms with Crippen LogP contribution in [0.3, 0.4) is 0 Å². The van der Waals surface area contributed by atoms with Crippen molar-refractivity contribution in [2.24, 2.45) is 0 Å². The van der Waals surface area contributed by atoms with Crippen LogP contribution in [0.4, 0.5) is 0 Å². The van der Waals surface area contributed by atoms with Gasteiger partial charge < -0.3 is 14.5 Å². The van der Waals surface area contributed by atoms with Crippen LogP contribution in [0.5, 0.6) is 0 Å². The van der Waals surface area contributed by atoms with Gasteiger partial charge in [0.05, 0.1) is 0 Å². The highest BCUT2D eigenvalue weighted by Gasteiger charge is 2.12. The van der Waals surface area contributed by atoms with E-state index in [1.165, 1.54) is 0 Å². The van der Waals surface area contributed by atoms with Crippen LogP contribution >= 0.6 is 0 Å². The van der Waals surface area contributed by atoms with Crippen LogP contribution in [-0.2, 0) is 4.74 Å². The minimum Gasteiger partial charge on any atom is -0.382 e. The molecule has 1 amide bonds. The third-order valence-electron chi connectivity index (χ3n) is 4.75. The molecule has 0 bridgehead atoms. The number of benzene rings is 1. The molecule has 0 aliphatic carbocycles. The first-order chi connectivity index (χ1) is 14.3. The summed E-state index contributed by atoms with van der Waals surface area (Å²) in [5.41, 5.74) is 3.74. The molecule has 0 aliphatic rings. The van der Waals surface area contributed by atoms with E-state index in [0.29, 0.717) is 25.5 Å². The highest BCUT2D eigenvalue weighted by Crippen LogP contribution is 2.22. The number of ether oxygens (including phenoxy) is 1. The fourth-order valence-electron chi connectivity index (χ4n) is 3.26. The van der Waals surface area contributed by atoms with Crippen molar-refractivity contribution < 1.29 is 9.53 Å². The first-order valence-electron chi connectivity index (χ1n) is 9.85. The second kappa shape index (κ2) is 8.75. The molecular formula is C23H24N4O2. The van der Waals surface area contributed by atoms with Crippen LogP contribution in [0.15, 0.2) is 73.1 Å². The minimum absolute atomic E-state index is 0.175. The Morgan fingerprint density at radius 1 is 1.03 bits per heavy atom. The lowest BCUT2D eigenvalue weighted by Gasteiger charge is -2.07. The largest absolute Gasteiger partial charge is 0.382 e. The van der Waals surface area contributed by atoms with Gasteiger partial charge in [-0.05, 0) is 48.7 Å². The third kappa shape index (κ3) is 4.22. The summed E-state index contributed by atoms with van der Waals surface area (Å²) < 4.78 is 9.10. The minimum atomic E-state index is -0.175. The summed E-state index contributed by atoms with van der Waals surface area (Å²) in [4.78, 5) is 12.3. The average molecular weight is 388 g/mol. The lowest BCUT2D eigenvalue weighted by atomic mass is 10.1. The molecule has 0 saturated carbocycles. The summed E-state index contributed by atoms with van der Waals surface area (Å²) in [6.45, 7) is 3.86. The lowest BCUT2D eigenvalue weighted by Crippen LogP contribution is -2.25. The molecule has 148 valence electrons. The van der Waals surface area contributed by atoms with Gasteiger partial charge in [0.2, 0.25) is 0 Å². The Morgan fingerprint density at radius 3 is 2.69 bits per heavy atom. The second-order valence-electron chi connectivity index (χ2n) is 6.72. The summed E-state index contributed by atoms with van der Waals surface area (Å²) >= 11 is 0. The lowest BCUT2D eigenvalue weighted by molar-refractivity contribution is 0.0939. The number of aromatic nitrogens is 3. The van der Waals surface area contributed by atoms with Gasteiger partial charge in [0, 0.05) is 37.7 Å². The van der Waals surface area contributed by atoms with Gasteiger partial charge in [-0.25, -0.2) is 4.68 Å². The summed E-state index contributed by atoms with van der Waals surface area (Å²) in [6.07, 6.45) is 4.69. The predicted octanol–water partition coefficient (Wildman–Crippen LogP) is 3.95. The van der Waals surface area contributed by atoms with Gasteiger partial charge in [0.1, 0.15) is 5.82 Å². The first kappa shape index (κ1) is 19.0. The Kier molecular flexibility index (Phi) is 5.72. The van der Waals surface area contributed by atoms with Crippen molar-refractivity contribution in [3.8, 4) is 16.9 Å². The quantitative estimate of drug-likeness (QED) is 0.465. The van der Waals surface area contributed by atoms with Gasteiger partial charge in [0.25, 0.3) is 5.91 Å². The van der Waals surface area contributed by atoms with Crippen LogP contribution in [0.25, 0.3) is 22.5 Å². The Morgan fingerprint density at radius 2 is 1.86 bits per heavy atom. The van der Waals surface area contributed by atoms with E-state index in [9.17, 15) is 4.79 Å². The Bertz CT molecular complexity index is 1100. The molecule has 29 heavy (non-hydrogen) atoms. The smallest absolute Gasteiger partial charge is 0.271 e. The van der Waals surface area contributed by atoms with E-state index >= 15 is 0 Å². The number of carbonyl (C=O) groups is 1. The zero-order chi connectivity index (χ0) is 20.1. The Balaban J connectivity index is 1.54. The number of hydrogen-bond acceptors (Lipinski definition) is 3. The van der Waals surface area contributed by atoms with E-state index in [0.717, 1.165) is 28.9 Å². The van der Waals surface area contributed by atoms with Crippen molar-refractivity contribution in [2.75, 3.05) is 19.8 Å². The van der Waals surface area contributed by atoms with Crippen LogP contribution in [0.1, 0.15) is 23.8 Å². The molecule has 4 rings (SSSR count). The van der Waals surface area contributed by atoms with Gasteiger partial charge in [-0.1, -0.05) is 36.4 Å². The summed E-state index contributed by atoms with van der Waals surface area (Å²) in [7, 11) is 0. The van der Waals surface area contributed by atoms with Gasteiger partial charge in [-0.15, -0.1) is 0 Å². The molecule has 0 aliphatic heterocycles. The summed E-state index contributed by atoms with van der Waals surface area (Å²) in [6, 6.07) is 20.2. The number of nitrogens with one attached hydrogen (secondary N) is 1. The highest BCUT2D eigenvalue weighted by molar-refractivity contribution is 5.92. The molecule has 0 saturated heterocycles. The van der Waals surface area contributed by atoms with Gasteiger partial charge in [0.15, 0.2) is 5.69 Å². The SMILES string of the molecule is CCOCCCNC(=O)c1ccn(-c2ccc3ccc(-c4ccccc4)cn23)n1. The van der Waals surface area contributed by atoms with Gasteiger partial charge in [-0.3, -0.25) is 4.79 Å². The molecule has 0 atom stereocenters. The zero-order valence-corrected chi connectivity index (χ0v) is 16.4. The second-order valence-corrected chi connectivity index (χ2v) is 6.72. The number of amides is 1. The molecule has 6 heteroatoms. The number of hydrogen-bond donors (Lipinski definition) is 1. The van der Waals surface area contributed by atoms with Crippen molar-refractivity contribution in [3.05, 3.63) is 78.8 Å². The topological polar surface area (TPSA) is 60.6 Å². The van der Waals surface area contributed by atoms with E-state index in [2.05, 4.69) is 45.3 Å². The molecular weight excluding hydrogens is 364 g/mol. The molecule has 3 aromatic heterocycles. The predicted molar refractivity (Wildman–Crippen MR) is 113 cm³/mol. The van der Waals surface area contributed by atoms with Gasteiger partial charge >= 0.3 is 0 Å². The van der Waals surface area contributed by atoms with Gasteiger partial charge in [-0.2, -0.15) is 5.10 Å². The van der Waals surface area contributed by atoms with Crippen molar-refractivity contribution >= 4 is 11.4 Å². The van der Waals surface area contributed by atoms with E-state index in [4.69, 9.17) is 4.74 Å². The maximum Gasteiger partial charge on any atom is 0.271 e. The highest BCUT2D eigenvalue weighted by atomic mass is 16.5. The molecule has 0 spiro atoms. The molecule has 0 radical (unpaired) electrons. The van der Waals surface area contributed by atoms with Crippen LogP contribution in [-0.4, -0.2) is 39.8 Å². The normalized spacial score (nSPS) is 11.1. The monoisotopic (exact) mass is 388 g/mol. The maximum absolute atomic E-state index is 12.3. The fourth-order valence-corrected chi connectivity index (χ4v) is 3.26. The van der Waals surface area contributed by atoms with Crippen LogP contribution < -0.4 is 5.32 Å². The number of pyridine rings is 1. The number of carbonyl (C=O) groups excluding carboxylic acids is 1. The van der Waals surface area contributed by atoms with E-state index in [1.54, 1.807) is 10.7 Å². The van der Waals surface area contributed by atoms with Crippen molar-refractivity contribution in [2.45, 2.75) is 13.3 Å². The van der Waals surface area contributed by atoms with Crippen molar-refractivity contribution in [1.82, 2.24) is 19.5 Å². The average Bonchev–Trinajstić information content (AvgIpc) is 3.40. The molecule has 0 fully saturated rings. The van der Waals surface area contributed by atoms with Crippen molar-refractivity contribution in [1.29, 1.82) is 0 Å². The molecule has 0 unspecified atom stereocenters. The van der Waals surface area contributed by atoms with Crippen molar-refractivity contribution in [3.63, 3.8) is 0 Å². The van der Waals surface area contributed by atoms with E-state index in [-0.39, 0.29) is 5.91 Å².